The number of benzene rings is 3. The number of fused-ring (bicyclic) bond motifs is 1. The molecule has 0 unspecified atom stereocenters. The van der Waals surface area contributed by atoms with Crippen molar-refractivity contribution in [2.45, 2.75) is 41.0 Å². The van der Waals surface area contributed by atoms with Gasteiger partial charge in [-0.1, -0.05) is 87.8 Å². The highest BCUT2D eigenvalue weighted by Gasteiger charge is 2.19. The monoisotopic (exact) mass is 557 g/mol. The van der Waals surface area contributed by atoms with Crippen molar-refractivity contribution in [2.24, 2.45) is 5.92 Å². The lowest BCUT2D eigenvalue weighted by molar-refractivity contribution is 0.0697. The molecule has 200 valence electrons. The number of hydrogen-bond donors (Lipinski definition) is 2. The van der Waals surface area contributed by atoms with Crippen LogP contribution in [-0.4, -0.2) is 21.0 Å². The highest BCUT2D eigenvalue weighted by atomic mass is 35.5. The zero-order valence-corrected chi connectivity index (χ0v) is 24.3. The predicted molar refractivity (Wildman–Crippen MR) is 165 cm³/mol. The molecule has 2 aromatic heterocycles. The maximum Gasteiger partial charge on any atom is 0.339 e. The van der Waals surface area contributed by atoms with Crippen LogP contribution in [0.4, 0.5) is 10.9 Å². The number of nitrogens with zero attached hydrogens (tertiary/aromatic N) is 2. The van der Waals surface area contributed by atoms with Crippen molar-refractivity contribution in [3.05, 3.63) is 94.0 Å². The largest absolute Gasteiger partial charge is 0.478 e. The number of carboxylic acids is 1. The van der Waals surface area contributed by atoms with Crippen LogP contribution in [-0.2, 0) is 6.42 Å². The number of nitrogens with one attached hydrogen (secondary N) is 1. The number of thiazole rings is 1. The number of rotatable bonds is 7. The fourth-order valence-electron chi connectivity index (χ4n) is 4.24. The molecule has 39 heavy (non-hydrogen) atoms. The fraction of sp³-hybridized carbons (Fsp3) is 0.219. The second-order valence-corrected chi connectivity index (χ2v) is 11.0. The van der Waals surface area contributed by atoms with Crippen molar-refractivity contribution >= 4 is 50.6 Å². The van der Waals surface area contributed by atoms with Crippen LogP contribution < -0.4 is 5.32 Å². The van der Waals surface area contributed by atoms with Gasteiger partial charge in [0.05, 0.1) is 5.69 Å². The van der Waals surface area contributed by atoms with Gasteiger partial charge in [0.15, 0.2) is 5.13 Å². The van der Waals surface area contributed by atoms with Crippen LogP contribution >= 0.6 is 22.9 Å². The summed E-state index contributed by atoms with van der Waals surface area (Å²) in [4.78, 5) is 22.7. The Morgan fingerprint density at radius 1 is 0.974 bits per heavy atom. The van der Waals surface area contributed by atoms with Crippen LogP contribution in [0.3, 0.4) is 0 Å². The maximum atomic E-state index is 12.2. The van der Waals surface area contributed by atoms with E-state index in [1.807, 2.05) is 81.4 Å². The van der Waals surface area contributed by atoms with Crippen molar-refractivity contribution in [3.8, 4) is 22.4 Å². The molecule has 0 amide bonds. The summed E-state index contributed by atoms with van der Waals surface area (Å²) in [6.45, 7) is 10.3. The summed E-state index contributed by atoms with van der Waals surface area (Å²) in [5.74, 6) is -0.362. The molecular weight excluding hydrogens is 526 g/mol. The molecular formula is C32H32ClN3O2S. The average molecular weight is 558 g/mol. The first-order valence-corrected chi connectivity index (χ1v) is 14.2. The van der Waals surface area contributed by atoms with Gasteiger partial charge in [-0.3, -0.25) is 0 Å². The minimum atomic E-state index is -1.05. The van der Waals surface area contributed by atoms with Crippen LogP contribution in [0.2, 0.25) is 5.02 Å². The van der Waals surface area contributed by atoms with Gasteiger partial charge >= 0.3 is 5.97 Å². The summed E-state index contributed by atoms with van der Waals surface area (Å²) >= 11 is 7.91. The van der Waals surface area contributed by atoms with Gasteiger partial charge in [-0.05, 0) is 59.4 Å². The number of aromatic nitrogens is 2. The molecule has 5 nitrogen and oxygen atoms in total. The smallest absolute Gasteiger partial charge is 0.339 e. The average Bonchev–Trinajstić information content (AvgIpc) is 3.32. The molecule has 5 aromatic rings. The van der Waals surface area contributed by atoms with E-state index >= 15 is 0 Å². The van der Waals surface area contributed by atoms with Crippen LogP contribution in [0.15, 0.2) is 72.9 Å². The first-order chi connectivity index (χ1) is 18.8. The maximum absolute atomic E-state index is 12.2. The molecule has 0 atom stereocenters. The second kappa shape index (κ2) is 12.4. The van der Waals surface area contributed by atoms with Gasteiger partial charge in [0, 0.05) is 27.2 Å². The quantitative estimate of drug-likeness (QED) is 0.208. The van der Waals surface area contributed by atoms with Crippen LogP contribution in [0.25, 0.3) is 33.2 Å². The van der Waals surface area contributed by atoms with Gasteiger partial charge in [-0.15, -0.1) is 11.3 Å². The van der Waals surface area contributed by atoms with E-state index in [2.05, 4.69) is 24.1 Å². The normalized spacial score (nSPS) is 10.8. The number of carboxylic acid groups (broad SMARTS) is 1. The first-order valence-electron chi connectivity index (χ1n) is 13.0. The fourth-order valence-corrected chi connectivity index (χ4v) is 5.61. The van der Waals surface area contributed by atoms with E-state index < -0.39 is 5.97 Å². The van der Waals surface area contributed by atoms with Crippen LogP contribution in [0, 0.1) is 12.8 Å². The Hall–Kier alpha value is -3.74. The summed E-state index contributed by atoms with van der Waals surface area (Å²) in [5.41, 5.74) is 4.54. The molecule has 3 aromatic carbocycles. The topological polar surface area (TPSA) is 75.1 Å². The SMILES string of the molecule is CC.Cc1ccc(-c2nc(Nc3ncc(-c4ccc5ccccc5c4)cc3C(=O)O)sc2CC(C)C)cc1Cl. The third-order valence-corrected chi connectivity index (χ3v) is 7.56. The van der Waals surface area contributed by atoms with Gasteiger partial charge in [0.1, 0.15) is 11.4 Å². The molecule has 2 N–H and O–H groups in total. The molecule has 0 spiro atoms. The van der Waals surface area contributed by atoms with Crippen molar-refractivity contribution < 1.29 is 9.90 Å². The zero-order chi connectivity index (χ0) is 28.1. The van der Waals surface area contributed by atoms with Crippen LogP contribution in [0.1, 0.15) is 48.5 Å². The van der Waals surface area contributed by atoms with Gasteiger partial charge in [-0.25, -0.2) is 14.8 Å². The Labute approximate surface area is 238 Å². The number of pyridine rings is 1. The molecule has 2 heterocycles. The molecule has 0 saturated heterocycles. The third kappa shape index (κ3) is 6.47. The molecule has 0 radical (unpaired) electrons. The molecule has 0 fully saturated rings. The molecule has 0 aliphatic heterocycles. The van der Waals surface area contributed by atoms with E-state index in [9.17, 15) is 9.90 Å². The number of aryl methyl sites for hydroxylation is 1. The summed E-state index contributed by atoms with van der Waals surface area (Å²) in [5, 5.41) is 16.7. The number of aromatic carboxylic acids is 1. The van der Waals surface area contributed by atoms with E-state index in [1.54, 1.807) is 12.3 Å². The molecule has 7 heteroatoms. The number of halogens is 1. The van der Waals surface area contributed by atoms with Crippen molar-refractivity contribution in [2.75, 3.05) is 5.32 Å². The number of hydrogen-bond acceptors (Lipinski definition) is 5. The highest BCUT2D eigenvalue weighted by molar-refractivity contribution is 7.16. The van der Waals surface area contributed by atoms with Crippen molar-refractivity contribution in [3.63, 3.8) is 0 Å². The minimum absolute atomic E-state index is 0.0891. The molecule has 0 bridgehead atoms. The molecule has 0 saturated carbocycles. The Bertz CT molecular complexity index is 1630. The van der Waals surface area contributed by atoms with Crippen molar-refractivity contribution in [1.29, 1.82) is 0 Å². The summed E-state index contributed by atoms with van der Waals surface area (Å²) in [6.07, 6.45) is 2.54. The Kier molecular flexibility index (Phi) is 9.00. The molecule has 0 aliphatic carbocycles. The van der Waals surface area contributed by atoms with Gasteiger partial charge in [0.2, 0.25) is 0 Å². The van der Waals surface area contributed by atoms with E-state index in [1.165, 1.54) is 11.3 Å². The summed E-state index contributed by atoms with van der Waals surface area (Å²) in [6, 6.07) is 21.7. The third-order valence-electron chi connectivity index (χ3n) is 6.16. The van der Waals surface area contributed by atoms with Gasteiger partial charge < -0.3 is 10.4 Å². The Morgan fingerprint density at radius 2 is 1.69 bits per heavy atom. The van der Waals surface area contributed by atoms with E-state index in [0.717, 1.165) is 50.0 Å². The van der Waals surface area contributed by atoms with E-state index in [4.69, 9.17) is 16.6 Å². The minimum Gasteiger partial charge on any atom is -0.478 e. The number of anilines is 2. The predicted octanol–water partition coefficient (Wildman–Crippen LogP) is 9.65. The summed E-state index contributed by atoms with van der Waals surface area (Å²) < 4.78 is 0. The lowest BCUT2D eigenvalue weighted by Gasteiger charge is -2.09. The van der Waals surface area contributed by atoms with Gasteiger partial charge in [0.25, 0.3) is 0 Å². The first kappa shape index (κ1) is 28.3. The molecule has 5 rings (SSSR count). The van der Waals surface area contributed by atoms with Crippen LogP contribution in [0.5, 0.6) is 0 Å². The zero-order valence-electron chi connectivity index (χ0n) is 22.7. The Balaban J connectivity index is 0.00000172. The standard InChI is InChI=1S/C30H26ClN3O2S.C2H6/c1-17(2)12-26-27(22-9-8-18(3)25(31)15-22)33-30(37-26)34-28-24(29(35)36)14-23(16-32-28)21-11-10-19-6-4-5-7-20(19)13-21;1-2/h4-11,13-17H,12H2,1-3H3,(H,35,36)(H,32,33,34);1-2H3. The lowest BCUT2D eigenvalue weighted by Crippen LogP contribution is -2.05. The number of carbonyl (C=O) groups is 1. The highest BCUT2D eigenvalue weighted by Crippen LogP contribution is 2.36. The van der Waals surface area contributed by atoms with Crippen molar-refractivity contribution in [1.82, 2.24) is 9.97 Å². The molecule has 0 aliphatic rings. The second-order valence-electron chi connectivity index (χ2n) is 9.46. The Morgan fingerprint density at radius 3 is 2.38 bits per heavy atom. The lowest BCUT2D eigenvalue weighted by atomic mass is 10.0. The van der Waals surface area contributed by atoms with E-state index in [-0.39, 0.29) is 11.4 Å². The van der Waals surface area contributed by atoms with E-state index in [0.29, 0.717) is 16.1 Å². The van der Waals surface area contributed by atoms with Gasteiger partial charge in [-0.2, -0.15) is 0 Å². The summed E-state index contributed by atoms with van der Waals surface area (Å²) in [7, 11) is 0.